The first-order valence-corrected chi connectivity index (χ1v) is 9.00. The van der Waals surface area contributed by atoms with E-state index < -0.39 is 0 Å². The first-order valence-electron chi connectivity index (χ1n) is 9.00. The van der Waals surface area contributed by atoms with Crippen molar-refractivity contribution >= 4 is 11.7 Å². The Kier molecular flexibility index (Phi) is 4.38. The second-order valence-corrected chi connectivity index (χ2v) is 6.84. The third-order valence-corrected chi connectivity index (χ3v) is 5.25. The topological polar surface area (TPSA) is 61.7 Å². The first kappa shape index (κ1) is 15.4. The van der Waals surface area contributed by atoms with Gasteiger partial charge < -0.3 is 15.0 Å². The molecule has 4 heterocycles. The van der Waals surface area contributed by atoms with Gasteiger partial charge in [0.1, 0.15) is 5.65 Å². The summed E-state index contributed by atoms with van der Waals surface area (Å²) < 4.78 is 2.01. The van der Waals surface area contributed by atoms with Crippen molar-refractivity contribution in [3.05, 3.63) is 36.3 Å². The van der Waals surface area contributed by atoms with Gasteiger partial charge in [-0.25, -0.2) is 9.78 Å². The third kappa shape index (κ3) is 3.24. The van der Waals surface area contributed by atoms with Crippen molar-refractivity contribution in [2.24, 2.45) is 0 Å². The second-order valence-electron chi connectivity index (χ2n) is 6.84. The third-order valence-electron chi connectivity index (χ3n) is 5.25. The van der Waals surface area contributed by atoms with Crippen molar-refractivity contribution in [3.63, 3.8) is 0 Å². The molecule has 0 radical (unpaired) electrons. The van der Waals surface area contributed by atoms with Gasteiger partial charge >= 0.3 is 6.03 Å². The molecule has 24 heavy (non-hydrogen) atoms. The molecular formula is C18H25N5O. The fraction of sp³-hybridized carbons (Fsp3) is 0.556. The van der Waals surface area contributed by atoms with Gasteiger partial charge in [-0.05, 0) is 37.9 Å². The van der Waals surface area contributed by atoms with Crippen molar-refractivity contribution in [1.82, 2.24) is 24.9 Å². The molecule has 2 atom stereocenters. The molecule has 0 bridgehead atoms. The largest absolute Gasteiger partial charge is 0.338 e. The maximum absolute atomic E-state index is 12.2. The minimum Gasteiger partial charge on any atom is -0.338 e. The summed E-state index contributed by atoms with van der Waals surface area (Å²) in [5, 5.41) is 6.15. The molecule has 0 unspecified atom stereocenters. The Morgan fingerprint density at radius 2 is 2.21 bits per heavy atom. The number of rotatable bonds is 4. The summed E-state index contributed by atoms with van der Waals surface area (Å²) in [6.45, 7) is 2.92. The Morgan fingerprint density at radius 1 is 1.25 bits per heavy atom. The van der Waals surface area contributed by atoms with E-state index in [1.165, 1.54) is 25.8 Å². The number of fused-ring (bicyclic) bond motifs is 2. The highest BCUT2D eigenvalue weighted by atomic mass is 16.2. The molecule has 2 fully saturated rings. The monoisotopic (exact) mass is 327 g/mol. The van der Waals surface area contributed by atoms with Crippen LogP contribution >= 0.6 is 0 Å². The van der Waals surface area contributed by atoms with Crippen molar-refractivity contribution < 1.29 is 4.79 Å². The maximum atomic E-state index is 12.2. The smallest absolute Gasteiger partial charge is 0.315 e. The molecule has 2 aliphatic rings. The molecule has 2 aromatic heterocycles. The van der Waals surface area contributed by atoms with Crippen LogP contribution in [0.3, 0.4) is 0 Å². The summed E-state index contributed by atoms with van der Waals surface area (Å²) in [4.78, 5) is 19.3. The number of urea groups is 1. The van der Waals surface area contributed by atoms with Crippen molar-refractivity contribution in [2.45, 2.75) is 44.2 Å². The minimum atomic E-state index is -0.0452. The number of hydrogen-bond acceptors (Lipinski definition) is 3. The fourth-order valence-electron chi connectivity index (χ4n) is 4.05. The molecule has 2 aliphatic heterocycles. The summed E-state index contributed by atoms with van der Waals surface area (Å²) in [6.07, 6.45) is 9.63. The van der Waals surface area contributed by atoms with E-state index in [0.717, 1.165) is 30.7 Å². The SMILES string of the molecule is O=C(NCCc1cn2ccccc2n1)N[C@H]1CCN2CCCC[C@H]12. The van der Waals surface area contributed by atoms with Crippen LogP contribution in [0, 0.1) is 0 Å². The number of imidazole rings is 1. The van der Waals surface area contributed by atoms with Crippen LogP contribution in [0.25, 0.3) is 5.65 Å². The zero-order valence-electron chi connectivity index (χ0n) is 13.9. The number of piperidine rings is 1. The van der Waals surface area contributed by atoms with E-state index in [-0.39, 0.29) is 6.03 Å². The predicted octanol–water partition coefficient (Wildman–Crippen LogP) is 1.80. The van der Waals surface area contributed by atoms with Crippen LogP contribution < -0.4 is 10.6 Å². The molecule has 0 spiro atoms. The lowest BCUT2D eigenvalue weighted by atomic mass is 9.99. The first-order chi connectivity index (χ1) is 11.8. The minimum absolute atomic E-state index is 0.0452. The summed E-state index contributed by atoms with van der Waals surface area (Å²) in [6, 6.07) is 6.76. The van der Waals surface area contributed by atoms with Gasteiger partial charge in [0.2, 0.25) is 0 Å². The molecule has 2 saturated heterocycles. The average molecular weight is 327 g/mol. The van der Waals surface area contributed by atoms with Gasteiger partial charge in [-0.1, -0.05) is 12.5 Å². The summed E-state index contributed by atoms with van der Waals surface area (Å²) in [5.41, 5.74) is 1.95. The van der Waals surface area contributed by atoms with Gasteiger partial charge in [-0.2, -0.15) is 0 Å². The Morgan fingerprint density at radius 3 is 3.12 bits per heavy atom. The second kappa shape index (κ2) is 6.81. The highest BCUT2D eigenvalue weighted by molar-refractivity contribution is 5.74. The molecule has 0 aromatic carbocycles. The molecule has 6 nitrogen and oxygen atoms in total. The molecular weight excluding hydrogens is 302 g/mol. The lowest BCUT2D eigenvalue weighted by Crippen LogP contribution is -2.49. The highest BCUT2D eigenvalue weighted by Crippen LogP contribution is 2.26. The predicted molar refractivity (Wildman–Crippen MR) is 93.0 cm³/mol. The molecule has 6 heteroatoms. The lowest BCUT2D eigenvalue weighted by Gasteiger charge is -2.32. The summed E-state index contributed by atoms with van der Waals surface area (Å²) in [7, 11) is 0. The maximum Gasteiger partial charge on any atom is 0.315 e. The number of pyridine rings is 1. The van der Waals surface area contributed by atoms with Gasteiger partial charge in [0.25, 0.3) is 0 Å². The summed E-state index contributed by atoms with van der Waals surface area (Å²) in [5.74, 6) is 0. The molecule has 4 rings (SSSR count). The summed E-state index contributed by atoms with van der Waals surface area (Å²) >= 11 is 0. The number of aromatic nitrogens is 2. The van der Waals surface area contributed by atoms with E-state index in [0.29, 0.717) is 18.6 Å². The van der Waals surface area contributed by atoms with Crippen LogP contribution in [-0.2, 0) is 6.42 Å². The van der Waals surface area contributed by atoms with Gasteiger partial charge in [0.05, 0.1) is 5.69 Å². The average Bonchev–Trinajstić information content (AvgIpc) is 3.19. The standard InChI is InChI=1S/C18H25N5O/c24-18(21-15-8-12-22-10-3-1-5-16(15)22)19-9-7-14-13-23-11-4-2-6-17(23)20-14/h2,4,6,11,13,15-16H,1,3,5,7-10,12H2,(H2,19,21,24)/t15-,16+/m0/s1. The van der Waals surface area contributed by atoms with Crippen LogP contribution in [0.15, 0.2) is 30.6 Å². The van der Waals surface area contributed by atoms with Crippen molar-refractivity contribution in [2.75, 3.05) is 19.6 Å². The van der Waals surface area contributed by atoms with E-state index in [1.54, 1.807) is 0 Å². The molecule has 128 valence electrons. The van der Waals surface area contributed by atoms with Crippen LogP contribution in [0.1, 0.15) is 31.4 Å². The van der Waals surface area contributed by atoms with Crippen LogP contribution in [0.5, 0.6) is 0 Å². The fourth-order valence-corrected chi connectivity index (χ4v) is 4.05. The Bertz CT molecular complexity index is 679. The lowest BCUT2D eigenvalue weighted by molar-refractivity contribution is 0.179. The number of hydrogen-bond donors (Lipinski definition) is 2. The van der Waals surface area contributed by atoms with Crippen LogP contribution in [0.2, 0.25) is 0 Å². The number of carbonyl (C=O) groups excluding carboxylic acids is 1. The zero-order chi connectivity index (χ0) is 16.4. The van der Waals surface area contributed by atoms with Gasteiger partial charge in [0, 0.05) is 44.0 Å². The van der Waals surface area contributed by atoms with Crippen LogP contribution in [-0.4, -0.2) is 52.0 Å². The Labute approximate surface area is 142 Å². The Hall–Kier alpha value is -2.08. The van der Waals surface area contributed by atoms with Crippen LogP contribution in [0.4, 0.5) is 4.79 Å². The molecule has 2 N–H and O–H groups in total. The quantitative estimate of drug-likeness (QED) is 0.900. The molecule has 2 amide bonds. The zero-order valence-corrected chi connectivity index (χ0v) is 13.9. The number of amides is 2. The van der Waals surface area contributed by atoms with E-state index in [2.05, 4.69) is 20.5 Å². The molecule has 2 aromatic rings. The van der Waals surface area contributed by atoms with E-state index in [4.69, 9.17) is 0 Å². The number of carbonyl (C=O) groups is 1. The van der Waals surface area contributed by atoms with E-state index in [9.17, 15) is 4.79 Å². The highest BCUT2D eigenvalue weighted by Gasteiger charge is 2.36. The van der Waals surface area contributed by atoms with E-state index >= 15 is 0 Å². The van der Waals surface area contributed by atoms with E-state index in [1.807, 2.05) is 35.0 Å². The molecule has 0 saturated carbocycles. The van der Waals surface area contributed by atoms with Gasteiger partial charge in [-0.3, -0.25) is 4.90 Å². The van der Waals surface area contributed by atoms with Gasteiger partial charge in [0.15, 0.2) is 0 Å². The number of nitrogens with zero attached hydrogens (tertiary/aromatic N) is 3. The normalized spacial score (nSPS) is 24.0. The van der Waals surface area contributed by atoms with Crippen molar-refractivity contribution in [3.8, 4) is 0 Å². The Balaban J connectivity index is 1.24. The van der Waals surface area contributed by atoms with Crippen molar-refractivity contribution in [1.29, 1.82) is 0 Å². The van der Waals surface area contributed by atoms with Gasteiger partial charge in [-0.15, -0.1) is 0 Å². The molecule has 0 aliphatic carbocycles. The number of nitrogens with one attached hydrogen (secondary N) is 2.